The minimum Gasteiger partial charge on any atom is -0.378 e. The highest BCUT2D eigenvalue weighted by Crippen LogP contribution is 2.27. The summed E-state index contributed by atoms with van der Waals surface area (Å²) in [7, 11) is 0. The molecule has 1 saturated heterocycles. The maximum atomic E-state index is 11.3. The summed E-state index contributed by atoms with van der Waals surface area (Å²) in [6, 6.07) is 0. The van der Waals surface area contributed by atoms with E-state index in [4.69, 9.17) is 4.74 Å². The van der Waals surface area contributed by atoms with Gasteiger partial charge in [0.1, 0.15) is 5.78 Å². The Morgan fingerprint density at radius 3 is 2.87 bits per heavy atom. The molecule has 1 aliphatic heterocycles. The molecule has 1 heterocycles. The van der Waals surface area contributed by atoms with Gasteiger partial charge in [0, 0.05) is 19.4 Å². The van der Waals surface area contributed by atoms with Gasteiger partial charge in [-0.1, -0.05) is 6.42 Å². The zero-order valence-electron chi connectivity index (χ0n) is 9.54. The normalized spacial score (nSPS) is 32.1. The molecular formula is C13H22O2. The summed E-state index contributed by atoms with van der Waals surface area (Å²) in [6.45, 7) is 0.965. The van der Waals surface area contributed by atoms with Crippen molar-refractivity contribution in [2.45, 2.75) is 63.9 Å². The van der Waals surface area contributed by atoms with Gasteiger partial charge in [0.05, 0.1) is 6.10 Å². The van der Waals surface area contributed by atoms with Crippen molar-refractivity contribution in [2.75, 3.05) is 6.61 Å². The first-order valence-electron chi connectivity index (χ1n) is 6.48. The number of carbonyl (C=O) groups is 1. The van der Waals surface area contributed by atoms with Crippen molar-refractivity contribution in [3.8, 4) is 0 Å². The van der Waals surface area contributed by atoms with Gasteiger partial charge < -0.3 is 4.74 Å². The van der Waals surface area contributed by atoms with E-state index in [1.165, 1.54) is 38.5 Å². The Bertz CT molecular complexity index is 207. The molecule has 0 aromatic carbocycles. The molecule has 0 aromatic rings. The summed E-state index contributed by atoms with van der Waals surface area (Å²) in [4.78, 5) is 11.3. The van der Waals surface area contributed by atoms with Gasteiger partial charge >= 0.3 is 0 Å². The lowest BCUT2D eigenvalue weighted by molar-refractivity contribution is -0.121. The zero-order chi connectivity index (χ0) is 10.5. The second kappa shape index (κ2) is 5.64. The van der Waals surface area contributed by atoms with Gasteiger partial charge in [-0.15, -0.1) is 0 Å². The first-order valence-corrected chi connectivity index (χ1v) is 6.48. The predicted molar refractivity (Wildman–Crippen MR) is 59.8 cm³/mol. The lowest BCUT2D eigenvalue weighted by atomic mass is 9.84. The van der Waals surface area contributed by atoms with Crippen LogP contribution in [0, 0.1) is 5.92 Å². The van der Waals surface area contributed by atoms with Crippen LogP contribution in [0.4, 0.5) is 0 Å². The highest BCUT2D eigenvalue weighted by atomic mass is 16.5. The van der Waals surface area contributed by atoms with E-state index in [0.29, 0.717) is 17.8 Å². The van der Waals surface area contributed by atoms with Gasteiger partial charge in [0.2, 0.25) is 0 Å². The van der Waals surface area contributed by atoms with E-state index in [1.54, 1.807) is 0 Å². The molecule has 1 aliphatic carbocycles. The Morgan fingerprint density at radius 2 is 2.13 bits per heavy atom. The smallest absolute Gasteiger partial charge is 0.133 e. The SMILES string of the molecule is O=C1CCCC(CCCC2CCCO2)C1. The predicted octanol–water partition coefficient (Wildman–Crippen LogP) is 3.10. The monoisotopic (exact) mass is 210 g/mol. The van der Waals surface area contributed by atoms with Crippen molar-refractivity contribution in [3.63, 3.8) is 0 Å². The molecule has 86 valence electrons. The molecule has 2 heteroatoms. The molecule has 0 amide bonds. The van der Waals surface area contributed by atoms with E-state index in [1.807, 2.05) is 0 Å². The molecule has 2 rings (SSSR count). The average molecular weight is 210 g/mol. The fraction of sp³-hybridized carbons (Fsp3) is 0.923. The number of ketones is 1. The molecule has 0 radical (unpaired) electrons. The molecule has 2 aliphatic rings. The van der Waals surface area contributed by atoms with Crippen LogP contribution in [0.15, 0.2) is 0 Å². The van der Waals surface area contributed by atoms with Crippen LogP contribution in [0.3, 0.4) is 0 Å². The molecular weight excluding hydrogens is 188 g/mol. The van der Waals surface area contributed by atoms with Gasteiger partial charge in [0.25, 0.3) is 0 Å². The van der Waals surface area contributed by atoms with Gasteiger partial charge in [-0.25, -0.2) is 0 Å². The Hall–Kier alpha value is -0.370. The fourth-order valence-corrected chi connectivity index (χ4v) is 2.87. The molecule has 1 saturated carbocycles. The number of hydrogen-bond acceptors (Lipinski definition) is 2. The van der Waals surface area contributed by atoms with Crippen LogP contribution < -0.4 is 0 Å². The van der Waals surface area contributed by atoms with Crippen LogP contribution >= 0.6 is 0 Å². The van der Waals surface area contributed by atoms with Gasteiger partial charge in [0.15, 0.2) is 0 Å². The Morgan fingerprint density at radius 1 is 1.20 bits per heavy atom. The minimum absolute atomic E-state index is 0.489. The largest absolute Gasteiger partial charge is 0.378 e. The number of rotatable bonds is 4. The number of hydrogen-bond donors (Lipinski definition) is 0. The molecule has 2 atom stereocenters. The Kier molecular flexibility index (Phi) is 4.18. The molecule has 0 spiro atoms. The third-order valence-corrected chi connectivity index (χ3v) is 3.75. The molecule has 2 unspecified atom stereocenters. The standard InChI is InChI=1S/C13H22O2/c14-12-6-1-4-11(10-12)5-2-7-13-8-3-9-15-13/h11,13H,1-10H2. The van der Waals surface area contributed by atoms with E-state index in [2.05, 4.69) is 0 Å². The van der Waals surface area contributed by atoms with Crippen LogP contribution in [0.2, 0.25) is 0 Å². The first kappa shape index (κ1) is 11.1. The third kappa shape index (κ3) is 3.60. The molecule has 2 fully saturated rings. The lowest BCUT2D eigenvalue weighted by Crippen LogP contribution is -2.15. The van der Waals surface area contributed by atoms with Crippen molar-refractivity contribution in [1.82, 2.24) is 0 Å². The second-order valence-electron chi connectivity index (χ2n) is 5.07. The van der Waals surface area contributed by atoms with Crippen molar-refractivity contribution < 1.29 is 9.53 Å². The van der Waals surface area contributed by atoms with Gasteiger partial charge in [-0.05, 0) is 44.4 Å². The van der Waals surface area contributed by atoms with E-state index in [9.17, 15) is 4.79 Å². The maximum absolute atomic E-state index is 11.3. The molecule has 0 bridgehead atoms. The molecule has 2 nitrogen and oxygen atoms in total. The summed E-state index contributed by atoms with van der Waals surface area (Å²) in [5, 5.41) is 0. The van der Waals surface area contributed by atoms with Crippen molar-refractivity contribution in [1.29, 1.82) is 0 Å². The summed E-state index contributed by atoms with van der Waals surface area (Å²) in [5.74, 6) is 1.18. The van der Waals surface area contributed by atoms with E-state index in [-0.39, 0.29) is 0 Å². The number of Topliss-reactive ketones (excluding diaryl/α,β-unsaturated/α-hetero) is 1. The van der Waals surface area contributed by atoms with Crippen molar-refractivity contribution in [2.24, 2.45) is 5.92 Å². The van der Waals surface area contributed by atoms with E-state index in [0.717, 1.165) is 25.9 Å². The van der Waals surface area contributed by atoms with Gasteiger partial charge in [-0.3, -0.25) is 4.79 Å². The Labute approximate surface area is 92.4 Å². The van der Waals surface area contributed by atoms with Crippen LogP contribution in [-0.2, 0) is 9.53 Å². The van der Waals surface area contributed by atoms with Crippen molar-refractivity contribution in [3.05, 3.63) is 0 Å². The quantitative estimate of drug-likeness (QED) is 0.712. The second-order valence-corrected chi connectivity index (χ2v) is 5.07. The molecule has 15 heavy (non-hydrogen) atoms. The highest BCUT2D eigenvalue weighted by Gasteiger charge is 2.20. The number of ether oxygens (including phenoxy) is 1. The summed E-state index contributed by atoms with van der Waals surface area (Å²) < 4.78 is 5.60. The van der Waals surface area contributed by atoms with Gasteiger partial charge in [-0.2, -0.15) is 0 Å². The zero-order valence-corrected chi connectivity index (χ0v) is 9.54. The first-order chi connectivity index (χ1) is 7.34. The minimum atomic E-state index is 0.489. The highest BCUT2D eigenvalue weighted by molar-refractivity contribution is 5.79. The molecule has 0 aromatic heterocycles. The number of carbonyl (C=O) groups excluding carboxylic acids is 1. The summed E-state index contributed by atoms with van der Waals surface area (Å²) in [5.41, 5.74) is 0. The van der Waals surface area contributed by atoms with Crippen LogP contribution in [0.1, 0.15) is 57.8 Å². The Balaban J connectivity index is 1.58. The fourth-order valence-electron chi connectivity index (χ4n) is 2.87. The third-order valence-electron chi connectivity index (χ3n) is 3.75. The summed E-state index contributed by atoms with van der Waals surface area (Å²) >= 11 is 0. The molecule has 0 N–H and O–H groups in total. The summed E-state index contributed by atoms with van der Waals surface area (Å²) in [6.07, 6.45) is 10.8. The van der Waals surface area contributed by atoms with E-state index >= 15 is 0 Å². The lowest BCUT2D eigenvalue weighted by Gasteiger charge is -2.21. The van der Waals surface area contributed by atoms with Crippen molar-refractivity contribution >= 4 is 5.78 Å². The van der Waals surface area contributed by atoms with Crippen LogP contribution in [0.25, 0.3) is 0 Å². The van der Waals surface area contributed by atoms with Crippen LogP contribution in [-0.4, -0.2) is 18.5 Å². The average Bonchev–Trinajstić information content (AvgIpc) is 2.71. The van der Waals surface area contributed by atoms with E-state index < -0.39 is 0 Å². The maximum Gasteiger partial charge on any atom is 0.133 e. The topological polar surface area (TPSA) is 26.3 Å². The van der Waals surface area contributed by atoms with Crippen LogP contribution in [0.5, 0.6) is 0 Å².